The lowest BCUT2D eigenvalue weighted by Crippen LogP contribution is -2.26. The van der Waals surface area contributed by atoms with E-state index in [1.54, 1.807) is 18.2 Å². The number of para-hydroxylation sites is 1. The summed E-state index contributed by atoms with van der Waals surface area (Å²) >= 11 is 0. The Kier molecular flexibility index (Phi) is 6.83. The highest BCUT2D eigenvalue weighted by Crippen LogP contribution is 2.12. The molecule has 0 radical (unpaired) electrons. The van der Waals surface area contributed by atoms with Crippen LogP contribution in [0.4, 0.5) is 5.69 Å². The summed E-state index contributed by atoms with van der Waals surface area (Å²) in [6.07, 6.45) is 1.83. The SMILES string of the molecule is CCCOCCCNC(=O)c1ccccc1NN. The van der Waals surface area contributed by atoms with E-state index in [4.69, 9.17) is 10.6 Å². The van der Waals surface area contributed by atoms with Crippen LogP contribution in [-0.4, -0.2) is 25.7 Å². The molecule has 0 aromatic heterocycles. The normalized spacial score (nSPS) is 10.1. The van der Waals surface area contributed by atoms with Crippen molar-refractivity contribution in [1.82, 2.24) is 5.32 Å². The molecule has 5 heteroatoms. The van der Waals surface area contributed by atoms with Crippen LogP contribution in [-0.2, 0) is 4.74 Å². The fraction of sp³-hybridized carbons (Fsp3) is 0.462. The van der Waals surface area contributed by atoms with Crippen LogP contribution in [0.1, 0.15) is 30.1 Å². The minimum absolute atomic E-state index is 0.126. The Morgan fingerprint density at radius 3 is 2.83 bits per heavy atom. The Morgan fingerprint density at radius 1 is 1.33 bits per heavy atom. The zero-order valence-electron chi connectivity index (χ0n) is 10.7. The number of nitrogen functional groups attached to an aromatic ring is 1. The third-order valence-electron chi connectivity index (χ3n) is 2.43. The first kappa shape index (κ1) is 14.5. The number of benzene rings is 1. The van der Waals surface area contributed by atoms with Crippen molar-refractivity contribution in [3.8, 4) is 0 Å². The van der Waals surface area contributed by atoms with Crippen LogP contribution in [0.25, 0.3) is 0 Å². The zero-order chi connectivity index (χ0) is 13.2. The number of hydrogen-bond donors (Lipinski definition) is 3. The van der Waals surface area contributed by atoms with Gasteiger partial charge in [-0.25, -0.2) is 0 Å². The number of anilines is 1. The van der Waals surface area contributed by atoms with Crippen molar-refractivity contribution in [2.45, 2.75) is 19.8 Å². The fourth-order valence-corrected chi connectivity index (χ4v) is 1.52. The van der Waals surface area contributed by atoms with Gasteiger partial charge in [-0.05, 0) is 25.0 Å². The lowest BCUT2D eigenvalue weighted by atomic mass is 10.1. The first-order valence-electron chi connectivity index (χ1n) is 6.21. The molecule has 100 valence electrons. The Labute approximate surface area is 108 Å². The summed E-state index contributed by atoms with van der Waals surface area (Å²) in [4.78, 5) is 11.9. The number of hydrazine groups is 1. The van der Waals surface area contributed by atoms with Gasteiger partial charge >= 0.3 is 0 Å². The summed E-state index contributed by atoms with van der Waals surface area (Å²) < 4.78 is 5.33. The van der Waals surface area contributed by atoms with Crippen LogP contribution in [0.15, 0.2) is 24.3 Å². The van der Waals surface area contributed by atoms with Gasteiger partial charge in [0.1, 0.15) is 0 Å². The summed E-state index contributed by atoms with van der Waals surface area (Å²) in [7, 11) is 0. The molecular weight excluding hydrogens is 230 g/mol. The number of rotatable bonds is 8. The quantitative estimate of drug-likeness (QED) is 0.372. The highest BCUT2D eigenvalue weighted by Gasteiger charge is 2.08. The fourth-order valence-electron chi connectivity index (χ4n) is 1.52. The molecule has 5 nitrogen and oxygen atoms in total. The molecule has 0 aliphatic carbocycles. The summed E-state index contributed by atoms with van der Waals surface area (Å²) in [6.45, 7) is 4.11. The van der Waals surface area contributed by atoms with Gasteiger partial charge in [0.25, 0.3) is 5.91 Å². The van der Waals surface area contributed by atoms with Crippen molar-refractivity contribution >= 4 is 11.6 Å². The highest BCUT2D eigenvalue weighted by atomic mass is 16.5. The maximum absolute atomic E-state index is 11.9. The number of amides is 1. The molecule has 0 fully saturated rings. The second-order valence-electron chi connectivity index (χ2n) is 3.91. The minimum Gasteiger partial charge on any atom is -0.381 e. The molecule has 0 heterocycles. The van der Waals surface area contributed by atoms with E-state index >= 15 is 0 Å². The molecule has 1 aromatic carbocycles. The number of nitrogens with two attached hydrogens (primary N) is 1. The molecule has 1 aromatic rings. The topological polar surface area (TPSA) is 76.4 Å². The van der Waals surface area contributed by atoms with Crippen LogP contribution >= 0.6 is 0 Å². The van der Waals surface area contributed by atoms with Gasteiger partial charge in [0, 0.05) is 19.8 Å². The number of hydrogen-bond acceptors (Lipinski definition) is 4. The average molecular weight is 251 g/mol. The van der Waals surface area contributed by atoms with Crippen LogP contribution in [0.3, 0.4) is 0 Å². The lowest BCUT2D eigenvalue weighted by molar-refractivity contribution is 0.0942. The second kappa shape index (κ2) is 8.49. The Balaban J connectivity index is 2.32. The Bertz CT molecular complexity index is 369. The molecule has 0 aliphatic rings. The predicted molar refractivity (Wildman–Crippen MR) is 72.3 cm³/mol. The zero-order valence-corrected chi connectivity index (χ0v) is 10.7. The maximum Gasteiger partial charge on any atom is 0.253 e. The van der Waals surface area contributed by atoms with E-state index in [0.29, 0.717) is 24.4 Å². The van der Waals surface area contributed by atoms with E-state index < -0.39 is 0 Å². The molecule has 0 atom stereocenters. The number of carbonyl (C=O) groups is 1. The third kappa shape index (κ3) is 4.73. The van der Waals surface area contributed by atoms with E-state index in [1.165, 1.54) is 0 Å². The van der Waals surface area contributed by atoms with Gasteiger partial charge in [-0.3, -0.25) is 10.6 Å². The van der Waals surface area contributed by atoms with Crippen molar-refractivity contribution in [3.05, 3.63) is 29.8 Å². The van der Waals surface area contributed by atoms with Crippen LogP contribution < -0.4 is 16.6 Å². The molecule has 0 bridgehead atoms. The average Bonchev–Trinajstić information content (AvgIpc) is 2.42. The summed E-state index contributed by atoms with van der Waals surface area (Å²) in [6, 6.07) is 7.13. The largest absolute Gasteiger partial charge is 0.381 e. The van der Waals surface area contributed by atoms with E-state index in [2.05, 4.69) is 17.7 Å². The smallest absolute Gasteiger partial charge is 0.253 e. The predicted octanol–water partition coefficient (Wildman–Crippen LogP) is 1.52. The van der Waals surface area contributed by atoms with Gasteiger partial charge in [-0.1, -0.05) is 19.1 Å². The first-order valence-corrected chi connectivity index (χ1v) is 6.21. The molecule has 0 unspecified atom stereocenters. The van der Waals surface area contributed by atoms with Gasteiger partial charge in [-0.2, -0.15) is 0 Å². The van der Waals surface area contributed by atoms with Gasteiger partial charge in [0.05, 0.1) is 11.3 Å². The van der Waals surface area contributed by atoms with Gasteiger partial charge in [0.2, 0.25) is 0 Å². The molecule has 1 amide bonds. The molecule has 18 heavy (non-hydrogen) atoms. The summed E-state index contributed by atoms with van der Waals surface area (Å²) in [5.41, 5.74) is 3.68. The first-order chi connectivity index (χ1) is 8.79. The lowest BCUT2D eigenvalue weighted by Gasteiger charge is -2.09. The van der Waals surface area contributed by atoms with Crippen molar-refractivity contribution in [1.29, 1.82) is 0 Å². The highest BCUT2D eigenvalue weighted by molar-refractivity contribution is 5.99. The van der Waals surface area contributed by atoms with Gasteiger partial charge in [-0.15, -0.1) is 0 Å². The minimum atomic E-state index is -0.126. The molecule has 0 spiro atoms. The molecule has 4 N–H and O–H groups in total. The molecule has 0 aliphatic heterocycles. The Morgan fingerprint density at radius 2 is 2.11 bits per heavy atom. The number of carbonyl (C=O) groups excluding carboxylic acids is 1. The van der Waals surface area contributed by atoms with Crippen molar-refractivity contribution < 1.29 is 9.53 Å². The number of nitrogens with one attached hydrogen (secondary N) is 2. The van der Waals surface area contributed by atoms with Crippen molar-refractivity contribution in [3.63, 3.8) is 0 Å². The summed E-state index contributed by atoms with van der Waals surface area (Å²) in [5, 5.41) is 2.84. The molecule has 0 saturated heterocycles. The molecule has 1 rings (SSSR count). The third-order valence-corrected chi connectivity index (χ3v) is 2.43. The maximum atomic E-state index is 11.9. The van der Waals surface area contributed by atoms with Crippen molar-refractivity contribution in [2.75, 3.05) is 25.2 Å². The van der Waals surface area contributed by atoms with Crippen molar-refractivity contribution in [2.24, 2.45) is 5.84 Å². The molecule has 0 saturated carbocycles. The van der Waals surface area contributed by atoms with E-state index in [-0.39, 0.29) is 5.91 Å². The number of ether oxygens (including phenoxy) is 1. The van der Waals surface area contributed by atoms with Crippen LogP contribution in [0.5, 0.6) is 0 Å². The van der Waals surface area contributed by atoms with E-state index in [9.17, 15) is 4.79 Å². The molecular formula is C13H21N3O2. The van der Waals surface area contributed by atoms with Crippen LogP contribution in [0, 0.1) is 0 Å². The Hall–Kier alpha value is -1.59. The monoisotopic (exact) mass is 251 g/mol. The van der Waals surface area contributed by atoms with Gasteiger partial charge < -0.3 is 15.5 Å². The second-order valence-corrected chi connectivity index (χ2v) is 3.91. The van der Waals surface area contributed by atoms with Crippen LogP contribution in [0.2, 0.25) is 0 Å². The van der Waals surface area contributed by atoms with Gasteiger partial charge in [0.15, 0.2) is 0 Å². The van der Waals surface area contributed by atoms with E-state index in [1.807, 2.05) is 6.07 Å². The summed E-state index contributed by atoms with van der Waals surface area (Å²) in [5.74, 6) is 5.22. The van der Waals surface area contributed by atoms with E-state index in [0.717, 1.165) is 19.4 Å². The standard InChI is InChI=1S/C13H21N3O2/c1-2-9-18-10-5-8-15-13(17)11-6-3-4-7-12(11)16-14/h3-4,6-7,16H,2,5,8-10,14H2,1H3,(H,15,17).